The third kappa shape index (κ3) is 3.03. The van der Waals surface area contributed by atoms with Crippen LogP contribution in [0.25, 0.3) is 22.2 Å². The molecular weight excluding hydrogens is 314 g/mol. The van der Waals surface area contributed by atoms with Gasteiger partial charge in [0, 0.05) is 21.5 Å². The fourth-order valence-electron chi connectivity index (χ4n) is 2.74. The second-order valence-electron chi connectivity index (χ2n) is 5.17. The van der Waals surface area contributed by atoms with Crippen LogP contribution in [0, 0.1) is 0 Å². The highest BCUT2D eigenvalue weighted by Crippen LogP contribution is 2.37. The first-order valence-electron chi connectivity index (χ1n) is 7.34. The second-order valence-corrected chi connectivity index (χ2v) is 5.60. The molecule has 0 bridgehead atoms. The fraction of sp³-hybridized carbons (Fsp3) is 0.167. The molecule has 0 aliphatic carbocycles. The number of benzene rings is 2. The van der Waals surface area contributed by atoms with Gasteiger partial charge >= 0.3 is 5.97 Å². The Kier molecular flexibility index (Phi) is 4.26. The van der Waals surface area contributed by atoms with Gasteiger partial charge in [0.2, 0.25) is 0 Å². The SMILES string of the molecule is CCOc1ccc(Cl)cc1-c1[nH]c2ccccc2c1CC(=O)O. The molecule has 0 fully saturated rings. The number of aliphatic carboxylic acids is 1. The minimum Gasteiger partial charge on any atom is -0.493 e. The van der Waals surface area contributed by atoms with Crippen LogP contribution in [0.4, 0.5) is 0 Å². The summed E-state index contributed by atoms with van der Waals surface area (Å²) in [7, 11) is 0. The van der Waals surface area contributed by atoms with Crippen molar-refractivity contribution in [2.75, 3.05) is 6.61 Å². The third-order valence-electron chi connectivity index (χ3n) is 3.65. The molecule has 2 aromatic carbocycles. The number of H-pyrrole nitrogens is 1. The van der Waals surface area contributed by atoms with Crippen molar-refractivity contribution >= 4 is 28.5 Å². The summed E-state index contributed by atoms with van der Waals surface area (Å²) in [6.45, 7) is 2.42. The molecule has 0 saturated heterocycles. The van der Waals surface area contributed by atoms with Crippen molar-refractivity contribution in [3.63, 3.8) is 0 Å². The molecule has 0 atom stereocenters. The molecule has 0 spiro atoms. The van der Waals surface area contributed by atoms with E-state index in [1.54, 1.807) is 18.2 Å². The Hall–Kier alpha value is -2.46. The van der Waals surface area contributed by atoms with Gasteiger partial charge in [-0.2, -0.15) is 0 Å². The Labute approximate surface area is 138 Å². The van der Waals surface area contributed by atoms with Crippen LogP contribution in [-0.2, 0) is 11.2 Å². The highest BCUT2D eigenvalue weighted by Gasteiger charge is 2.18. The minimum atomic E-state index is -0.879. The molecule has 3 aromatic rings. The van der Waals surface area contributed by atoms with Gasteiger partial charge in [-0.1, -0.05) is 29.8 Å². The zero-order valence-electron chi connectivity index (χ0n) is 12.6. The number of aromatic nitrogens is 1. The molecule has 5 heteroatoms. The van der Waals surface area contributed by atoms with Gasteiger partial charge in [-0.3, -0.25) is 4.79 Å². The number of rotatable bonds is 5. The standard InChI is InChI=1S/C18H16ClNO3/c1-2-23-16-8-7-11(19)9-14(16)18-13(10-17(21)22)12-5-3-4-6-15(12)20-18/h3-9,20H,2,10H2,1H3,(H,21,22). The summed E-state index contributed by atoms with van der Waals surface area (Å²) in [5, 5.41) is 10.7. The van der Waals surface area contributed by atoms with Crippen LogP contribution >= 0.6 is 11.6 Å². The number of ether oxygens (including phenoxy) is 1. The smallest absolute Gasteiger partial charge is 0.307 e. The number of halogens is 1. The predicted octanol–water partition coefficient (Wildman–Crippen LogP) is 4.51. The molecule has 4 nitrogen and oxygen atoms in total. The Morgan fingerprint density at radius 3 is 2.78 bits per heavy atom. The van der Waals surface area contributed by atoms with Crippen molar-refractivity contribution in [2.45, 2.75) is 13.3 Å². The van der Waals surface area contributed by atoms with Crippen molar-refractivity contribution in [3.8, 4) is 17.0 Å². The highest BCUT2D eigenvalue weighted by atomic mass is 35.5. The summed E-state index contributed by atoms with van der Waals surface area (Å²) in [5.74, 6) is -0.203. The molecule has 0 saturated carbocycles. The van der Waals surface area contributed by atoms with Crippen molar-refractivity contribution in [1.82, 2.24) is 4.98 Å². The van der Waals surface area contributed by atoms with E-state index in [0.29, 0.717) is 17.4 Å². The first-order valence-corrected chi connectivity index (χ1v) is 7.72. The van der Waals surface area contributed by atoms with Crippen molar-refractivity contribution in [2.24, 2.45) is 0 Å². The number of para-hydroxylation sites is 1. The maximum absolute atomic E-state index is 11.3. The third-order valence-corrected chi connectivity index (χ3v) is 3.89. The zero-order chi connectivity index (χ0) is 16.4. The molecular formula is C18H16ClNO3. The largest absolute Gasteiger partial charge is 0.493 e. The quantitative estimate of drug-likeness (QED) is 0.723. The Bertz CT molecular complexity index is 870. The zero-order valence-corrected chi connectivity index (χ0v) is 13.4. The van der Waals surface area contributed by atoms with Crippen LogP contribution in [0.5, 0.6) is 5.75 Å². The van der Waals surface area contributed by atoms with E-state index in [0.717, 1.165) is 27.7 Å². The van der Waals surface area contributed by atoms with Crippen LogP contribution < -0.4 is 4.74 Å². The molecule has 0 amide bonds. The average molecular weight is 330 g/mol. The van der Waals surface area contributed by atoms with Crippen LogP contribution in [0.2, 0.25) is 5.02 Å². The number of fused-ring (bicyclic) bond motifs is 1. The van der Waals surface area contributed by atoms with Gasteiger partial charge in [0.15, 0.2) is 0 Å². The van der Waals surface area contributed by atoms with E-state index in [1.807, 2.05) is 31.2 Å². The maximum atomic E-state index is 11.3. The van der Waals surface area contributed by atoms with Gasteiger partial charge in [0.05, 0.1) is 18.7 Å². The van der Waals surface area contributed by atoms with Crippen molar-refractivity contribution in [1.29, 1.82) is 0 Å². The molecule has 1 aromatic heterocycles. The van der Waals surface area contributed by atoms with Crippen LogP contribution in [0.15, 0.2) is 42.5 Å². The number of aromatic amines is 1. The van der Waals surface area contributed by atoms with E-state index in [4.69, 9.17) is 16.3 Å². The Balaban J connectivity index is 2.27. The lowest BCUT2D eigenvalue weighted by molar-refractivity contribution is -0.136. The number of hydrogen-bond donors (Lipinski definition) is 2. The van der Waals surface area contributed by atoms with E-state index >= 15 is 0 Å². The maximum Gasteiger partial charge on any atom is 0.307 e. The molecule has 1 heterocycles. The molecule has 0 aliphatic heterocycles. The van der Waals surface area contributed by atoms with Crippen LogP contribution in [0.3, 0.4) is 0 Å². The van der Waals surface area contributed by atoms with Gasteiger partial charge in [0.1, 0.15) is 5.75 Å². The fourth-order valence-corrected chi connectivity index (χ4v) is 2.92. The monoisotopic (exact) mass is 329 g/mol. The summed E-state index contributed by atoms with van der Waals surface area (Å²) in [6, 6.07) is 13.0. The van der Waals surface area contributed by atoms with Crippen molar-refractivity contribution in [3.05, 3.63) is 53.1 Å². The normalized spacial score (nSPS) is 10.9. The number of nitrogens with one attached hydrogen (secondary N) is 1. The van der Waals surface area contributed by atoms with Crippen molar-refractivity contribution < 1.29 is 14.6 Å². The first kappa shape index (κ1) is 15.4. The summed E-state index contributed by atoms with van der Waals surface area (Å²) >= 11 is 6.14. The summed E-state index contributed by atoms with van der Waals surface area (Å²) in [4.78, 5) is 14.6. The van der Waals surface area contributed by atoms with Gasteiger partial charge < -0.3 is 14.8 Å². The molecule has 23 heavy (non-hydrogen) atoms. The first-order chi connectivity index (χ1) is 11.1. The molecule has 118 valence electrons. The Morgan fingerprint density at radius 2 is 2.04 bits per heavy atom. The molecule has 0 aliphatic rings. The number of carboxylic acids is 1. The second kappa shape index (κ2) is 6.34. The average Bonchev–Trinajstić information content (AvgIpc) is 2.87. The van der Waals surface area contributed by atoms with Gasteiger partial charge in [-0.25, -0.2) is 0 Å². The number of carboxylic acid groups (broad SMARTS) is 1. The molecule has 3 rings (SSSR count). The van der Waals surface area contributed by atoms with Gasteiger partial charge in [-0.15, -0.1) is 0 Å². The van der Waals surface area contributed by atoms with Gasteiger partial charge in [-0.05, 0) is 36.8 Å². The van der Waals surface area contributed by atoms with Crippen LogP contribution in [-0.4, -0.2) is 22.7 Å². The lowest BCUT2D eigenvalue weighted by atomic mass is 10.0. The topological polar surface area (TPSA) is 62.3 Å². The molecule has 0 unspecified atom stereocenters. The Morgan fingerprint density at radius 1 is 1.26 bits per heavy atom. The molecule has 2 N–H and O–H groups in total. The summed E-state index contributed by atoms with van der Waals surface area (Å²) in [5.41, 5.74) is 3.13. The van der Waals surface area contributed by atoms with Gasteiger partial charge in [0.25, 0.3) is 0 Å². The summed E-state index contributed by atoms with van der Waals surface area (Å²) < 4.78 is 5.68. The predicted molar refractivity (Wildman–Crippen MR) is 91.3 cm³/mol. The van der Waals surface area contributed by atoms with E-state index in [2.05, 4.69) is 4.98 Å². The lowest BCUT2D eigenvalue weighted by Crippen LogP contribution is -2.02. The van der Waals surface area contributed by atoms with E-state index < -0.39 is 5.97 Å². The van der Waals surface area contributed by atoms with E-state index in [9.17, 15) is 9.90 Å². The van der Waals surface area contributed by atoms with Crippen LogP contribution in [0.1, 0.15) is 12.5 Å². The van der Waals surface area contributed by atoms with E-state index in [1.165, 1.54) is 0 Å². The summed E-state index contributed by atoms with van der Waals surface area (Å²) in [6.07, 6.45) is -0.0720. The lowest BCUT2D eigenvalue weighted by Gasteiger charge is -2.11. The van der Waals surface area contributed by atoms with E-state index in [-0.39, 0.29) is 6.42 Å². The minimum absolute atomic E-state index is 0.0720. The number of carbonyl (C=O) groups is 1. The number of hydrogen-bond acceptors (Lipinski definition) is 2. The highest BCUT2D eigenvalue weighted by molar-refractivity contribution is 6.31. The molecule has 0 radical (unpaired) electrons.